The van der Waals surface area contributed by atoms with Gasteiger partial charge >= 0.3 is 0 Å². The molecule has 9 heteroatoms. The molecule has 0 saturated carbocycles. The minimum absolute atomic E-state index is 0.0261. The van der Waals surface area contributed by atoms with Crippen molar-refractivity contribution in [1.29, 1.82) is 0 Å². The topological polar surface area (TPSA) is 88.1 Å². The molecule has 2 unspecified atom stereocenters. The first-order valence-corrected chi connectivity index (χ1v) is 11.9. The lowest BCUT2D eigenvalue weighted by Gasteiger charge is -2.38. The first kappa shape index (κ1) is 24.3. The van der Waals surface area contributed by atoms with Crippen LogP contribution in [0, 0.1) is 5.82 Å². The van der Waals surface area contributed by atoms with E-state index in [2.05, 4.69) is 5.32 Å². The van der Waals surface area contributed by atoms with Gasteiger partial charge in [0, 0.05) is 43.1 Å². The smallest absolute Gasteiger partial charge is 0.261 e. The van der Waals surface area contributed by atoms with Gasteiger partial charge in [0.2, 0.25) is 0 Å². The lowest BCUT2D eigenvalue weighted by Crippen LogP contribution is -2.50. The van der Waals surface area contributed by atoms with Crippen LogP contribution in [0.25, 0.3) is 0 Å². The second-order valence-corrected chi connectivity index (χ2v) is 9.05. The molecule has 2 N–H and O–H groups in total. The third kappa shape index (κ3) is 5.80. The molecule has 2 aromatic rings. The van der Waals surface area contributed by atoms with E-state index in [-0.39, 0.29) is 60.3 Å². The first-order chi connectivity index (χ1) is 16.4. The molecular weight excluding hydrogens is 463 g/mol. The number of amides is 2. The highest BCUT2D eigenvalue weighted by atomic mass is 35.5. The number of piperidine rings is 1. The molecular formula is C25H28ClFN2O5. The third-order valence-corrected chi connectivity index (χ3v) is 6.49. The van der Waals surface area contributed by atoms with E-state index in [9.17, 15) is 14.0 Å². The van der Waals surface area contributed by atoms with Crippen molar-refractivity contribution < 1.29 is 28.6 Å². The molecule has 0 aromatic heterocycles. The zero-order valence-electron chi connectivity index (χ0n) is 18.7. The van der Waals surface area contributed by atoms with Crippen molar-refractivity contribution in [2.45, 2.75) is 50.3 Å². The molecule has 2 bridgehead atoms. The quantitative estimate of drug-likeness (QED) is 0.525. The van der Waals surface area contributed by atoms with Crippen LogP contribution in [0.3, 0.4) is 0 Å². The summed E-state index contributed by atoms with van der Waals surface area (Å²) in [5.74, 6) is 0.0911. The molecule has 182 valence electrons. The fourth-order valence-corrected chi connectivity index (χ4v) is 4.90. The summed E-state index contributed by atoms with van der Waals surface area (Å²) in [7, 11) is 0. The molecule has 2 fully saturated rings. The Hall–Kier alpha value is -2.84. The van der Waals surface area contributed by atoms with E-state index in [0.29, 0.717) is 36.6 Å². The van der Waals surface area contributed by atoms with Gasteiger partial charge < -0.3 is 24.8 Å². The van der Waals surface area contributed by atoms with E-state index < -0.39 is 0 Å². The molecule has 2 aliphatic heterocycles. The van der Waals surface area contributed by atoms with E-state index in [4.69, 9.17) is 26.2 Å². The van der Waals surface area contributed by atoms with Gasteiger partial charge in [0.05, 0.1) is 5.56 Å². The Morgan fingerprint density at radius 2 is 1.82 bits per heavy atom. The van der Waals surface area contributed by atoms with E-state index >= 15 is 0 Å². The number of aliphatic hydroxyl groups is 1. The number of carbonyl (C=O) groups excluding carboxylic acids is 2. The van der Waals surface area contributed by atoms with Crippen molar-refractivity contribution >= 4 is 23.4 Å². The van der Waals surface area contributed by atoms with Crippen LogP contribution in [0.15, 0.2) is 42.5 Å². The zero-order valence-corrected chi connectivity index (χ0v) is 19.5. The number of carbonyl (C=O) groups is 2. The number of benzene rings is 2. The van der Waals surface area contributed by atoms with Gasteiger partial charge in [0.1, 0.15) is 23.4 Å². The van der Waals surface area contributed by atoms with Crippen LogP contribution in [0.4, 0.5) is 4.39 Å². The van der Waals surface area contributed by atoms with E-state index in [1.807, 2.05) is 4.90 Å². The summed E-state index contributed by atoms with van der Waals surface area (Å²) in [5.41, 5.74) is 0.243. The second-order valence-electron chi connectivity index (χ2n) is 8.61. The van der Waals surface area contributed by atoms with Gasteiger partial charge in [-0.2, -0.15) is 0 Å². The number of hydrogen-bond acceptors (Lipinski definition) is 5. The van der Waals surface area contributed by atoms with Gasteiger partial charge in [-0.25, -0.2) is 4.39 Å². The van der Waals surface area contributed by atoms with Crippen LogP contribution < -0.4 is 14.8 Å². The summed E-state index contributed by atoms with van der Waals surface area (Å²) in [6.45, 7) is 0.106. The maximum atomic E-state index is 13.1. The Morgan fingerprint density at radius 1 is 1.12 bits per heavy atom. The summed E-state index contributed by atoms with van der Waals surface area (Å²) >= 11 is 6.05. The Bertz CT molecular complexity index is 1000. The first-order valence-electron chi connectivity index (χ1n) is 11.5. The van der Waals surface area contributed by atoms with Crippen molar-refractivity contribution in [2.75, 3.05) is 19.8 Å². The van der Waals surface area contributed by atoms with Crippen LogP contribution in [0.5, 0.6) is 11.5 Å². The van der Waals surface area contributed by atoms with Crippen molar-refractivity contribution in [1.82, 2.24) is 10.2 Å². The summed E-state index contributed by atoms with van der Waals surface area (Å²) in [6, 6.07) is 10.8. The molecule has 2 atom stereocenters. The van der Waals surface area contributed by atoms with Gasteiger partial charge in [0.25, 0.3) is 11.8 Å². The van der Waals surface area contributed by atoms with Gasteiger partial charge in [-0.05, 0) is 61.7 Å². The van der Waals surface area contributed by atoms with E-state index in [0.717, 1.165) is 12.8 Å². The largest absolute Gasteiger partial charge is 0.490 e. The molecule has 2 aromatic carbocycles. The SMILES string of the molecule is O=C(NCCCO)c1cc(Cl)ccc1OCC(=O)N1C2CCC1CC(Oc1ccc(F)cc1)C2. The highest BCUT2D eigenvalue weighted by Crippen LogP contribution is 2.37. The Morgan fingerprint density at radius 3 is 2.50 bits per heavy atom. The number of nitrogens with zero attached hydrogens (tertiary/aromatic N) is 1. The average Bonchev–Trinajstić information content (AvgIpc) is 3.10. The van der Waals surface area contributed by atoms with Gasteiger partial charge in [-0.15, -0.1) is 0 Å². The molecule has 7 nitrogen and oxygen atoms in total. The lowest BCUT2D eigenvalue weighted by molar-refractivity contribution is -0.139. The van der Waals surface area contributed by atoms with Gasteiger partial charge in [0.15, 0.2) is 6.61 Å². The predicted octanol–water partition coefficient (Wildman–Crippen LogP) is 3.57. The molecule has 2 amide bonds. The molecule has 0 radical (unpaired) electrons. The van der Waals surface area contributed by atoms with E-state index in [1.165, 1.54) is 18.2 Å². The van der Waals surface area contributed by atoms with Gasteiger partial charge in [-0.3, -0.25) is 9.59 Å². The number of nitrogens with one attached hydrogen (secondary N) is 1. The number of fused-ring (bicyclic) bond motifs is 2. The van der Waals surface area contributed by atoms with Crippen molar-refractivity contribution in [3.8, 4) is 11.5 Å². The Kier molecular flexibility index (Phi) is 7.90. The second kappa shape index (κ2) is 11.1. The minimum atomic E-state index is -0.378. The molecule has 0 aliphatic carbocycles. The summed E-state index contributed by atoms with van der Waals surface area (Å²) in [4.78, 5) is 27.4. The molecule has 34 heavy (non-hydrogen) atoms. The average molecular weight is 491 g/mol. The monoisotopic (exact) mass is 490 g/mol. The number of aliphatic hydroxyl groups excluding tert-OH is 1. The number of ether oxygens (including phenoxy) is 2. The minimum Gasteiger partial charge on any atom is -0.490 e. The maximum absolute atomic E-state index is 13.1. The molecule has 2 heterocycles. The van der Waals surface area contributed by atoms with E-state index in [1.54, 1.807) is 24.3 Å². The summed E-state index contributed by atoms with van der Waals surface area (Å²) < 4.78 is 24.9. The summed E-state index contributed by atoms with van der Waals surface area (Å²) in [5, 5.41) is 12.0. The molecule has 2 saturated heterocycles. The highest BCUT2D eigenvalue weighted by Gasteiger charge is 2.44. The van der Waals surface area contributed by atoms with Crippen LogP contribution >= 0.6 is 11.6 Å². The van der Waals surface area contributed by atoms with Crippen LogP contribution in [-0.4, -0.2) is 59.8 Å². The number of hydrogen-bond donors (Lipinski definition) is 2. The van der Waals surface area contributed by atoms with Gasteiger partial charge in [-0.1, -0.05) is 11.6 Å². The molecule has 0 spiro atoms. The van der Waals surface area contributed by atoms with Crippen molar-refractivity contribution in [3.05, 3.63) is 58.9 Å². The Balaban J connectivity index is 1.35. The van der Waals surface area contributed by atoms with Crippen LogP contribution in [-0.2, 0) is 4.79 Å². The van der Waals surface area contributed by atoms with Crippen LogP contribution in [0.1, 0.15) is 42.5 Å². The zero-order chi connectivity index (χ0) is 24.1. The third-order valence-electron chi connectivity index (χ3n) is 6.25. The number of halogens is 2. The standard InChI is InChI=1S/C25H28ClFN2O5/c26-16-2-9-23(22(12-16)25(32)28-10-1-11-30)33-15-24(31)29-18-5-6-19(29)14-21(13-18)34-20-7-3-17(27)4-8-20/h2-4,7-9,12,18-19,21,30H,1,5-6,10-11,13-15H2,(H,28,32). The van der Waals surface area contributed by atoms with Crippen molar-refractivity contribution in [3.63, 3.8) is 0 Å². The molecule has 2 aliphatic rings. The normalized spacial score (nSPS) is 21.3. The van der Waals surface area contributed by atoms with Crippen LogP contribution in [0.2, 0.25) is 5.02 Å². The fraction of sp³-hybridized carbons (Fsp3) is 0.440. The highest BCUT2D eigenvalue weighted by molar-refractivity contribution is 6.31. The maximum Gasteiger partial charge on any atom is 0.261 e. The van der Waals surface area contributed by atoms with Crippen molar-refractivity contribution in [2.24, 2.45) is 0 Å². The lowest BCUT2D eigenvalue weighted by atomic mass is 9.99. The Labute approximate surface area is 202 Å². The fourth-order valence-electron chi connectivity index (χ4n) is 4.73. The summed E-state index contributed by atoms with van der Waals surface area (Å²) in [6.07, 6.45) is 3.62. The molecule has 4 rings (SSSR count). The predicted molar refractivity (Wildman–Crippen MR) is 125 cm³/mol. The number of rotatable bonds is 9.